The normalized spacial score (nSPS) is 16.4. The summed E-state index contributed by atoms with van der Waals surface area (Å²) in [6.45, 7) is 3.71. The molecule has 0 atom stereocenters. The Labute approximate surface area is 140 Å². The second-order valence-corrected chi connectivity index (χ2v) is 7.69. The predicted molar refractivity (Wildman–Crippen MR) is 88.5 cm³/mol. The van der Waals surface area contributed by atoms with Crippen LogP contribution in [-0.4, -0.2) is 38.9 Å². The van der Waals surface area contributed by atoms with E-state index in [-0.39, 0.29) is 4.90 Å². The molecule has 0 unspecified atom stereocenters. The molecule has 2 aromatic carbocycles. The van der Waals surface area contributed by atoms with Crippen molar-refractivity contribution in [3.8, 4) is 0 Å². The second-order valence-electron chi connectivity index (χ2n) is 5.75. The van der Waals surface area contributed by atoms with Gasteiger partial charge in [-0.25, -0.2) is 17.2 Å². The zero-order valence-corrected chi connectivity index (χ0v) is 14.1. The van der Waals surface area contributed by atoms with E-state index in [1.807, 2.05) is 31.2 Å². The molecule has 0 aliphatic carbocycles. The standard InChI is InChI=1S/C17H18F2N2O2S/c1-13-4-2-3-5-17(13)20-8-10-21(11-9-20)24(22,23)14-6-7-15(18)16(19)12-14/h2-7,12H,8-11H2,1H3. The number of rotatable bonds is 3. The minimum atomic E-state index is -3.82. The van der Waals surface area contributed by atoms with E-state index in [4.69, 9.17) is 0 Å². The van der Waals surface area contributed by atoms with E-state index in [1.165, 1.54) is 4.31 Å². The van der Waals surface area contributed by atoms with Crippen LogP contribution >= 0.6 is 0 Å². The lowest BCUT2D eigenvalue weighted by Gasteiger charge is -2.36. The van der Waals surface area contributed by atoms with E-state index < -0.39 is 21.7 Å². The van der Waals surface area contributed by atoms with Gasteiger partial charge >= 0.3 is 0 Å². The number of benzene rings is 2. The molecule has 128 valence electrons. The maximum atomic E-state index is 13.3. The van der Waals surface area contributed by atoms with Gasteiger partial charge in [0, 0.05) is 31.9 Å². The average Bonchev–Trinajstić information content (AvgIpc) is 2.58. The van der Waals surface area contributed by atoms with Gasteiger partial charge in [0.05, 0.1) is 4.90 Å². The number of hydrogen-bond acceptors (Lipinski definition) is 3. The summed E-state index contributed by atoms with van der Waals surface area (Å²) in [4.78, 5) is 1.91. The average molecular weight is 352 g/mol. The molecule has 0 saturated carbocycles. The fourth-order valence-corrected chi connectivity index (χ4v) is 4.31. The summed E-state index contributed by atoms with van der Waals surface area (Å²) in [6.07, 6.45) is 0. The van der Waals surface area contributed by atoms with Crippen molar-refractivity contribution < 1.29 is 17.2 Å². The predicted octanol–water partition coefficient (Wildman–Crippen LogP) is 2.78. The molecule has 1 aliphatic heterocycles. The Balaban J connectivity index is 1.76. The first-order valence-electron chi connectivity index (χ1n) is 7.65. The van der Waals surface area contributed by atoms with Gasteiger partial charge in [0.15, 0.2) is 11.6 Å². The summed E-state index contributed by atoms with van der Waals surface area (Å²) in [5.74, 6) is -2.21. The smallest absolute Gasteiger partial charge is 0.243 e. The molecule has 0 N–H and O–H groups in total. The molecule has 1 aliphatic rings. The quantitative estimate of drug-likeness (QED) is 0.853. The van der Waals surface area contributed by atoms with Gasteiger partial charge in [-0.1, -0.05) is 18.2 Å². The number of para-hydroxylation sites is 1. The van der Waals surface area contributed by atoms with Crippen molar-refractivity contribution in [3.63, 3.8) is 0 Å². The van der Waals surface area contributed by atoms with Crippen LogP contribution in [0.5, 0.6) is 0 Å². The van der Waals surface area contributed by atoms with Gasteiger partial charge in [-0.15, -0.1) is 0 Å². The third-order valence-electron chi connectivity index (χ3n) is 4.22. The van der Waals surface area contributed by atoms with Gasteiger partial charge in [-0.2, -0.15) is 4.31 Å². The van der Waals surface area contributed by atoms with Gasteiger partial charge in [-0.3, -0.25) is 0 Å². The molecule has 2 aromatic rings. The summed E-state index contributed by atoms with van der Waals surface area (Å²) >= 11 is 0. The number of aryl methyl sites for hydroxylation is 1. The number of sulfonamides is 1. The molecular weight excluding hydrogens is 334 g/mol. The van der Waals surface area contributed by atoms with Gasteiger partial charge in [-0.05, 0) is 36.8 Å². The topological polar surface area (TPSA) is 40.6 Å². The van der Waals surface area contributed by atoms with Gasteiger partial charge in [0.2, 0.25) is 10.0 Å². The Kier molecular flexibility index (Phi) is 4.56. The Bertz CT molecular complexity index is 847. The molecule has 1 saturated heterocycles. The van der Waals surface area contributed by atoms with Crippen molar-refractivity contribution >= 4 is 15.7 Å². The summed E-state index contributed by atoms with van der Waals surface area (Å²) in [5, 5.41) is 0. The van der Waals surface area contributed by atoms with Crippen molar-refractivity contribution in [1.29, 1.82) is 0 Å². The highest BCUT2D eigenvalue weighted by molar-refractivity contribution is 7.89. The fourth-order valence-electron chi connectivity index (χ4n) is 2.87. The maximum Gasteiger partial charge on any atom is 0.243 e. The van der Waals surface area contributed by atoms with Crippen LogP contribution in [0.3, 0.4) is 0 Å². The molecule has 0 radical (unpaired) electrons. The molecule has 1 fully saturated rings. The number of halogens is 2. The van der Waals surface area contributed by atoms with Crippen LogP contribution in [0, 0.1) is 18.6 Å². The largest absolute Gasteiger partial charge is 0.369 e. The van der Waals surface area contributed by atoms with E-state index in [9.17, 15) is 17.2 Å². The third-order valence-corrected chi connectivity index (χ3v) is 6.12. The first-order chi connectivity index (χ1) is 11.4. The van der Waals surface area contributed by atoms with E-state index in [0.29, 0.717) is 26.2 Å². The minimum absolute atomic E-state index is 0.217. The summed E-state index contributed by atoms with van der Waals surface area (Å²) in [7, 11) is -3.82. The third kappa shape index (κ3) is 3.14. The van der Waals surface area contributed by atoms with Crippen molar-refractivity contribution in [3.05, 3.63) is 59.7 Å². The molecule has 4 nitrogen and oxygen atoms in total. The first kappa shape index (κ1) is 16.9. The van der Waals surface area contributed by atoms with Crippen LogP contribution in [0.2, 0.25) is 0 Å². The second kappa shape index (κ2) is 6.49. The Hall–Kier alpha value is -1.99. The summed E-state index contributed by atoms with van der Waals surface area (Å²) in [5.41, 5.74) is 2.22. The summed E-state index contributed by atoms with van der Waals surface area (Å²) in [6, 6.07) is 10.6. The molecule has 24 heavy (non-hydrogen) atoms. The number of anilines is 1. The zero-order chi connectivity index (χ0) is 17.3. The SMILES string of the molecule is Cc1ccccc1N1CCN(S(=O)(=O)c2ccc(F)c(F)c2)CC1. The molecule has 0 bridgehead atoms. The molecule has 7 heteroatoms. The van der Waals surface area contributed by atoms with Gasteiger partial charge in [0.25, 0.3) is 0 Å². The molecule has 1 heterocycles. The highest BCUT2D eigenvalue weighted by Crippen LogP contribution is 2.24. The molecule has 0 aromatic heterocycles. The van der Waals surface area contributed by atoms with E-state index in [1.54, 1.807) is 0 Å². The zero-order valence-electron chi connectivity index (χ0n) is 13.2. The highest BCUT2D eigenvalue weighted by Gasteiger charge is 2.29. The highest BCUT2D eigenvalue weighted by atomic mass is 32.2. The summed E-state index contributed by atoms with van der Waals surface area (Å²) < 4.78 is 52.8. The van der Waals surface area contributed by atoms with Gasteiger partial charge in [0.1, 0.15) is 0 Å². The number of nitrogens with zero attached hydrogens (tertiary/aromatic N) is 2. The van der Waals surface area contributed by atoms with Crippen LogP contribution in [0.4, 0.5) is 14.5 Å². The van der Waals surface area contributed by atoms with Crippen LogP contribution < -0.4 is 4.90 Å². The molecule has 0 spiro atoms. The van der Waals surface area contributed by atoms with Crippen LogP contribution in [0.1, 0.15) is 5.56 Å². The van der Waals surface area contributed by atoms with Crippen LogP contribution in [0.15, 0.2) is 47.4 Å². The Morgan fingerprint density at radius 2 is 1.58 bits per heavy atom. The molecule has 3 rings (SSSR count). The van der Waals surface area contributed by atoms with Crippen molar-refractivity contribution in [2.75, 3.05) is 31.1 Å². The fraction of sp³-hybridized carbons (Fsp3) is 0.294. The Morgan fingerprint density at radius 1 is 0.917 bits per heavy atom. The van der Waals surface area contributed by atoms with E-state index in [2.05, 4.69) is 4.90 Å². The lowest BCUT2D eigenvalue weighted by Crippen LogP contribution is -2.48. The molecular formula is C17H18F2N2O2S. The number of piperazine rings is 1. The monoisotopic (exact) mass is 352 g/mol. The number of hydrogen-bond donors (Lipinski definition) is 0. The Morgan fingerprint density at radius 3 is 2.21 bits per heavy atom. The van der Waals surface area contributed by atoms with Crippen molar-refractivity contribution in [2.24, 2.45) is 0 Å². The lowest BCUT2D eigenvalue weighted by molar-refractivity contribution is 0.384. The maximum absolute atomic E-state index is 13.3. The molecule has 0 amide bonds. The first-order valence-corrected chi connectivity index (χ1v) is 9.09. The van der Waals surface area contributed by atoms with E-state index >= 15 is 0 Å². The lowest BCUT2D eigenvalue weighted by atomic mass is 10.1. The van der Waals surface area contributed by atoms with Crippen LogP contribution in [-0.2, 0) is 10.0 Å². The minimum Gasteiger partial charge on any atom is -0.369 e. The van der Waals surface area contributed by atoms with E-state index in [0.717, 1.165) is 29.4 Å². The van der Waals surface area contributed by atoms with Crippen molar-refractivity contribution in [1.82, 2.24) is 4.31 Å². The van der Waals surface area contributed by atoms with Crippen molar-refractivity contribution in [2.45, 2.75) is 11.8 Å². The van der Waals surface area contributed by atoms with Crippen LogP contribution in [0.25, 0.3) is 0 Å². The van der Waals surface area contributed by atoms with Gasteiger partial charge < -0.3 is 4.90 Å².